The Hall–Kier alpha value is -2.51. The number of rotatable bonds is 9. The van der Waals surface area contributed by atoms with Crippen molar-refractivity contribution in [3.63, 3.8) is 0 Å². The Kier molecular flexibility index (Phi) is 9.20. The highest BCUT2D eigenvalue weighted by atomic mass is 35.5. The van der Waals surface area contributed by atoms with Gasteiger partial charge in [0.2, 0.25) is 5.91 Å². The summed E-state index contributed by atoms with van der Waals surface area (Å²) in [5, 5.41) is 4.65. The number of hydrogen-bond acceptors (Lipinski definition) is 6. The number of thioether (sulfide) groups is 1. The molecule has 8 heteroatoms. The molecule has 0 bridgehead atoms. The summed E-state index contributed by atoms with van der Waals surface area (Å²) in [6.45, 7) is 5.24. The van der Waals surface area contributed by atoms with Crippen LogP contribution in [0.5, 0.6) is 5.75 Å². The van der Waals surface area contributed by atoms with Crippen LogP contribution >= 0.6 is 23.4 Å². The molecule has 0 saturated heterocycles. The van der Waals surface area contributed by atoms with E-state index in [2.05, 4.69) is 10.5 Å². The Morgan fingerprint density at radius 2 is 1.83 bits per heavy atom. The Balaban J connectivity index is 1.70. The van der Waals surface area contributed by atoms with Crippen LogP contribution in [0, 0.1) is 0 Å². The van der Waals surface area contributed by atoms with Gasteiger partial charge in [0, 0.05) is 10.8 Å². The normalized spacial score (nSPS) is 11.3. The molecular weight excluding hydrogens is 424 g/mol. The molecule has 0 aliphatic heterocycles. The van der Waals surface area contributed by atoms with Crippen LogP contribution in [0.3, 0.4) is 0 Å². The van der Waals surface area contributed by atoms with Crippen LogP contribution < -0.4 is 10.2 Å². The van der Waals surface area contributed by atoms with E-state index in [-0.39, 0.29) is 18.3 Å². The summed E-state index contributed by atoms with van der Waals surface area (Å²) in [4.78, 5) is 23.5. The molecule has 2 rings (SSSR count). The maximum Gasteiger partial charge on any atom is 0.344 e. The Morgan fingerprint density at radius 1 is 1.13 bits per heavy atom. The van der Waals surface area contributed by atoms with Gasteiger partial charge in [-0.25, -0.2) is 10.2 Å². The maximum atomic E-state index is 11.9. The molecule has 2 aromatic rings. The second kappa shape index (κ2) is 11.6. The number of halogens is 1. The molecule has 0 aromatic heterocycles. The van der Waals surface area contributed by atoms with Crippen molar-refractivity contribution in [2.45, 2.75) is 32.1 Å². The fraction of sp³-hybridized carbons (Fsp3) is 0.318. The smallest absolute Gasteiger partial charge is 0.344 e. The molecule has 0 heterocycles. The largest absolute Gasteiger partial charge is 0.482 e. The van der Waals surface area contributed by atoms with Crippen molar-refractivity contribution in [2.24, 2.45) is 5.10 Å². The van der Waals surface area contributed by atoms with Crippen molar-refractivity contribution in [1.29, 1.82) is 0 Å². The first kappa shape index (κ1) is 23.8. The number of ether oxygens (including phenoxy) is 2. The summed E-state index contributed by atoms with van der Waals surface area (Å²) in [5.74, 6) is 0.851. The Morgan fingerprint density at radius 3 is 2.50 bits per heavy atom. The number of esters is 1. The molecule has 160 valence electrons. The van der Waals surface area contributed by atoms with Crippen LogP contribution in [0.25, 0.3) is 0 Å². The van der Waals surface area contributed by atoms with Gasteiger partial charge in [-0.1, -0.05) is 29.8 Å². The number of hydrogen-bond donors (Lipinski definition) is 1. The first-order valence-corrected chi connectivity index (χ1v) is 10.8. The monoisotopic (exact) mass is 448 g/mol. The van der Waals surface area contributed by atoms with Gasteiger partial charge in [0.05, 0.1) is 12.0 Å². The second-order valence-electron chi connectivity index (χ2n) is 7.32. The fourth-order valence-electron chi connectivity index (χ4n) is 2.24. The first-order valence-electron chi connectivity index (χ1n) is 9.31. The summed E-state index contributed by atoms with van der Waals surface area (Å²) in [6, 6.07) is 14.5. The van der Waals surface area contributed by atoms with E-state index < -0.39 is 11.6 Å². The van der Waals surface area contributed by atoms with E-state index in [1.807, 2.05) is 24.3 Å². The SMILES string of the molecule is CC(C)(C)OC(=O)COc1ccc(/C=N/NC(=O)CSCc2ccccc2Cl)cc1. The average molecular weight is 449 g/mol. The molecule has 30 heavy (non-hydrogen) atoms. The van der Waals surface area contributed by atoms with Crippen molar-refractivity contribution < 1.29 is 19.1 Å². The first-order chi connectivity index (χ1) is 14.2. The minimum absolute atomic E-state index is 0.160. The molecule has 0 atom stereocenters. The lowest BCUT2D eigenvalue weighted by Crippen LogP contribution is -2.27. The Bertz CT molecular complexity index is 879. The highest BCUT2D eigenvalue weighted by Crippen LogP contribution is 2.20. The molecule has 0 fully saturated rings. The average Bonchev–Trinajstić information content (AvgIpc) is 2.67. The van der Waals surface area contributed by atoms with Crippen LogP contribution in [-0.2, 0) is 20.1 Å². The van der Waals surface area contributed by atoms with Crippen molar-refractivity contribution in [1.82, 2.24) is 5.43 Å². The summed E-state index contributed by atoms with van der Waals surface area (Å²) in [6.07, 6.45) is 1.54. The number of carbonyl (C=O) groups excluding carboxylic acids is 2. The van der Waals surface area contributed by atoms with Gasteiger partial charge >= 0.3 is 5.97 Å². The maximum absolute atomic E-state index is 11.9. The molecule has 0 aliphatic rings. The molecule has 1 N–H and O–H groups in total. The van der Waals surface area contributed by atoms with E-state index in [0.717, 1.165) is 11.1 Å². The van der Waals surface area contributed by atoms with Gasteiger partial charge in [-0.3, -0.25) is 4.79 Å². The van der Waals surface area contributed by atoms with Crippen LogP contribution in [0.15, 0.2) is 53.6 Å². The van der Waals surface area contributed by atoms with Gasteiger partial charge < -0.3 is 9.47 Å². The molecule has 0 unspecified atom stereocenters. The van der Waals surface area contributed by atoms with Crippen molar-refractivity contribution in [3.8, 4) is 5.75 Å². The molecule has 0 saturated carbocycles. The fourth-order valence-corrected chi connectivity index (χ4v) is 3.35. The van der Waals surface area contributed by atoms with Crippen LogP contribution in [0.1, 0.15) is 31.9 Å². The number of nitrogens with one attached hydrogen (secondary N) is 1. The van der Waals surface area contributed by atoms with Crippen molar-refractivity contribution in [2.75, 3.05) is 12.4 Å². The van der Waals surface area contributed by atoms with Gasteiger partial charge in [-0.05, 0) is 62.2 Å². The number of nitrogens with zero attached hydrogens (tertiary/aromatic N) is 1. The van der Waals surface area contributed by atoms with E-state index in [4.69, 9.17) is 21.1 Å². The molecule has 1 amide bonds. The topological polar surface area (TPSA) is 77.0 Å². The summed E-state index contributed by atoms with van der Waals surface area (Å²) in [7, 11) is 0. The molecular formula is C22H25ClN2O4S. The number of benzene rings is 2. The summed E-state index contributed by atoms with van der Waals surface area (Å²) >= 11 is 7.56. The molecule has 2 aromatic carbocycles. The van der Waals surface area contributed by atoms with E-state index in [0.29, 0.717) is 16.5 Å². The van der Waals surface area contributed by atoms with Gasteiger partial charge in [-0.2, -0.15) is 5.10 Å². The molecule has 0 aliphatic carbocycles. The highest BCUT2D eigenvalue weighted by Gasteiger charge is 2.16. The predicted octanol–water partition coefficient (Wildman–Crippen LogP) is 4.44. The van der Waals surface area contributed by atoms with E-state index in [9.17, 15) is 9.59 Å². The quantitative estimate of drug-likeness (QED) is 0.348. The second-order valence-corrected chi connectivity index (χ2v) is 8.71. The molecule has 0 spiro atoms. The van der Waals surface area contributed by atoms with Crippen molar-refractivity contribution >= 4 is 41.5 Å². The van der Waals surface area contributed by atoms with Gasteiger partial charge in [0.1, 0.15) is 11.4 Å². The number of hydrazone groups is 1. The lowest BCUT2D eigenvalue weighted by atomic mass is 10.2. The number of amides is 1. The van der Waals surface area contributed by atoms with E-state index in [1.165, 1.54) is 18.0 Å². The van der Waals surface area contributed by atoms with Crippen molar-refractivity contribution in [3.05, 3.63) is 64.7 Å². The van der Waals surface area contributed by atoms with E-state index >= 15 is 0 Å². The minimum Gasteiger partial charge on any atom is -0.482 e. The van der Waals surface area contributed by atoms with Crippen LogP contribution in [0.4, 0.5) is 0 Å². The number of carbonyl (C=O) groups is 2. The minimum atomic E-state index is -0.543. The summed E-state index contributed by atoms with van der Waals surface area (Å²) in [5.41, 5.74) is 3.73. The predicted molar refractivity (Wildman–Crippen MR) is 121 cm³/mol. The summed E-state index contributed by atoms with van der Waals surface area (Å²) < 4.78 is 10.6. The molecule has 6 nitrogen and oxygen atoms in total. The zero-order chi connectivity index (χ0) is 22.0. The third-order valence-electron chi connectivity index (χ3n) is 3.51. The highest BCUT2D eigenvalue weighted by molar-refractivity contribution is 7.99. The third kappa shape index (κ3) is 9.33. The lowest BCUT2D eigenvalue weighted by molar-refractivity contribution is -0.157. The van der Waals surface area contributed by atoms with Gasteiger partial charge in [0.15, 0.2) is 6.61 Å². The van der Waals surface area contributed by atoms with Crippen LogP contribution in [-0.4, -0.2) is 36.1 Å². The molecule has 0 radical (unpaired) electrons. The van der Waals surface area contributed by atoms with Gasteiger partial charge in [-0.15, -0.1) is 11.8 Å². The van der Waals surface area contributed by atoms with Crippen LogP contribution in [0.2, 0.25) is 5.02 Å². The zero-order valence-corrected chi connectivity index (χ0v) is 18.8. The van der Waals surface area contributed by atoms with E-state index in [1.54, 1.807) is 45.0 Å². The Labute approximate surface area is 186 Å². The lowest BCUT2D eigenvalue weighted by Gasteiger charge is -2.19. The third-order valence-corrected chi connectivity index (χ3v) is 4.86. The zero-order valence-electron chi connectivity index (χ0n) is 17.2. The standard InChI is InChI=1S/C22H25ClN2O4S/c1-22(2,3)29-21(27)13-28-18-10-8-16(9-11-18)12-24-25-20(26)15-30-14-17-6-4-5-7-19(17)23/h4-12H,13-15H2,1-3H3,(H,25,26)/b24-12+. The van der Waals surface area contributed by atoms with Gasteiger partial charge in [0.25, 0.3) is 0 Å².